The van der Waals surface area contributed by atoms with Crippen molar-refractivity contribution in [3.05, 3.63) is 40.8 Å². The molecule has 8 heteroatoms. The van der Waals surface area contributed by atoms with E-state index in [-0.39, 0.29) is 12.5 Å². The number of thiophene rings is 1. The molecule has 2 heterocycles. The second-order valence-corrected chi connectivity index (χ2v) is 7.89. The molecule has 0 aliphatic rings. The largest absolute Gasteiger partial charge is 0.451 e. The third-order valence-corrected chi connectivity index (χ3v) is 5.95. The number of hydrogen-bond donors (Lipinski definition) is 1. The molecule has 3 aromatic rings. The Hall–Kier alpha value is -2.45. The van der Waals surface area contributed by atoms with Gasteiger partial charge in [0.05, 0.1) is 4.70 Å². The number of nitrogens with zero attached hydrogens (tertiary/aromatic N) is 2. The topological polar surface area (TPSA) is 71.5 Å². The van der Waals surface area contributed by atoms with Crippen molar-refractivity contribution < 1.29 is 14.3 Å². The molecule has 1 amide bonds. The van der Waals surface area contributed by atoms with Crippen LogP contribution in [0.1, 0.15) is 22.2 Å². The van der Waals surface area contributed by atoms with Crippen LogP contribution in [0.3, 0.4) is 0 Å². The van der Waals surface area contributed by atoms with Crippen molar-refractivity contribution in [3.63, 3.8) is 0 Å². The lowest BCUT2D eigenvalue weighted by Crippen LogP contribution is -2.20. The molecule has 0 atom stereocenters. The minimum absolute atomic E-state index is 0.323. The molecule has 2 aromatic heterocycles. The first-order valence-corrected chi connectivity index (χ1v) is 9.73. The molecular formula is C18H19N3O3S2. The molecule has 1 aromatic carbocycles. The van der Waals surface area contributed by atoms with Crippen LogP contribution >= 0.6 is 22.7 Å². The number of esters is 1. The van der Waals surface area contributed by atoms with Gasteiger partial charge < -0.3 is 15.0 Å². The van der Waals surface area contributed by atoms with Gasteiger partial charge in [0, 0.05) is 19.8 Å². The Morgan fingerprint density at radius 2 is 1.92 bits per heavy atom. The van der Waals surface area contributed by atoms with E-state index in [1.165, 1.54) is 28.2 Å². The van der Waals surface area contributed by atoms with Crippen LogP contribution in [0.2, 0.25) is 0 Å². The van der Waals surface area contributed by atoms with Crippen molar-refractivity contribution >= 4 is 54.9 Å². The van der Waals surface area contributed by atoms with Crippen molar-refractivity contribution in [2.75, 3.05) is 30.9 Å². The van der Waals surface area contributed by atoms with E-state index in [1.54, 1.807) is 6.07 Å². The minimum atomic E-state index is -0.511. The number of fused-ring (bicyclic) bond motifs is 1. The monoisotopic (exact) mass is 389 g/mol. The van der Waals surface area contributed by atoms with E-state index in [2.05, 4.69) is 17.2 Å². The summed E-state index contributed by atoms with van der Waals surface area (Å²) in [6, 6.07) is 9.33. The first kappa shape index (κ1) is 18.3. The number of aromatic nitrogens is 1. The quantitative estimate of drug-likeness (QED) is 0.650. The lowest BCUT2D eigenvalue weighted by molar-refractivity contribution is -0.119. The molecule has 0 unspecified atom stereocenters. The highest BCUT2D eigenvalue weighted by atomic mass is 32.1. The second-order valence-electron chi connectivity index (χ2n) is 5.85. The van der Waals surface area contributed by atoms with E-state index in [1.807, 2.05) is 43.3 Å². The first-order valence-electron chi connectivity index (χ1n) is 8.10. The molecule has 136 valence electrons. The Bertz CT molecular complexity index is 897. The zero-order chi connectivity index (χ0) is 18.7. The number of amides is 1. The zero-order valence-corrected chi connectivity index (χ0v) is 16.4. The maximum absolute atomic E-state index is 12.1. The molecule has 0 saturated heterocycles. The average molecular weight is 390 g/mol. The fourth-order valence-electron chi connectivity index (χ4n) is 2.24. The molecule has 6 nitrogen and oxygen atoms in total. The Balaban J connectivity index is 1.55. The highest BCUT2D eigenvalue weighted by molar-refractivity contribution is 7.29. The fraction of sp³-hybridized carbons (Fsp3) is 0.278. The van der Waals surface area contributed by atoms with Gasteiger partial charge in [0.15, 0.2) is 11.7 Å². The summed E-state index contributed by atoms with van der Waals surface area (Å²) < 4.78 is 6.05. The number of hydrogen-bond acceptors (Lipinski definition) is 7. The van der Waals surface area contributed by atoms with Gasteiger partial charge in [-0.1, -0.05) is 30.4 Å². The van der Waals surface area contributed by atoms with Crippen molar-refractivity contribution in [1.82, 2.24) is 4.98 Å². The number of anilines is 2. The molecule has 1 N–H and O–H groups in total. The molecule has 0 spiro atoms. The number of carbonyl (C=O) groups is 2. The molecular weight excluding hydrogens is 370 g/mol. The number of ether oxygens (including phenoxy) is 1. The lowest BCUT2D eigenvalue weighted by Gasteiger charge is -2.06. The number of rotatable bonds is 6. The highest BCUT2D eigenvalue weighted by Gasteiger charge is 2.17. The third-order valence-electron chi connectivity index (χ3n) is 3.64. The molecule has 0 saturated carbocycles. The van der Waals surface area contributed by atoms with Gasteiger partial charge in [-0.3, -0.25) is 4.79 Å². The molecule has 0 bridgehead atoms. The standard InChI is InChI=1S/C18H19N3O3S2/c1-4-11-5-7-12(8-6-11)19-15(22)10-24-17(23)14-9-13-16(25-14)20-18(26-13)21(2)3/h5-9H,4,10H2,1-3H3,(H,19,22). The van der Waals surface area contributed by atoms with Gasteiger partial charge in [-0.15, -0.1) is 11.3 Å². The summed E-state index contributed by atoms with van der Waals surface area (Å²) in [7, 11) is 3.85. The Labute approximate surface area is 159 Å². The second kappa shape index (κ2) is 7.84. The van der Waals surface area contributed by atoms with Gasteiger partial charge >= 0.3 is 5.97 Å². The van der Waals surface area contributed by atoms with Crippen molar-refractivity contribution in [2.24, 2.45) is 0 Å². The Morgan fingerprint density at radius 1 is 1.19 bits per heavy atom. The van der Waals surface area contributed by atoms with E-state index in [4.69, 9.17) is 4.74 Å². The first-order chi connectivity index (χ1) is 12.5. The van der Waals surface area contributed by atoms with E-state index in [0.717, 1.165) is 21.1 Å². The van der Waals surface area contributed by atoms with Gasteiger partial charge in [-0.05, 0) is 30.2 Å². The molecule has 0 fully saturated rings. The number of aryl methyl sites for hydroxylation is 1. The molecule has 0 aliphatic heterocycles. The van der Waals surface area contributed by atoms with Crippen molar-refractivity contribution in [1.29, 1.82) is 0 Å². The number of benzene rings is 1. The SMILES string of the molecule is CCc1ccc(NC(=O)COC(=O)c2cc3sc(N(C)C)nc3s2)cc1. The summed E-state index contributed by atoms with van der Waals surface area (Å²) in [6.45, 7) is 1.74. The van der Waals surface area contributed by atoms with E-state index in [0.29, 0.717) is 10.6 Å². The third kappa shape index (κ3) is 4.20. The van der Waals surface area contributed by atoms with Crippen LogP contribution in [-0.2, 0) is 16.0 Å². The molecule has 0 radical (unpaired) electrons. The number of thiazole rings is 1. The smallest absolute Gasteiger partial charge is 0.348 e. The predicted molar refractivity (Wildman–Crippen MR) is 107 cm³/mol. The lowest BCUT2D eigenvalue weighted by atomic mass is 10.1. The van der Waals surface area contributed by atoms with Gasteiger partial charge in [0.1, 0.15) is 9.71 Å². The van der Waals surface area contributed by atoms with E-state index in [9.17, 15) is 9.59 Å². The zero-order valence-electron chi connectivity index (χ0n) is 14.7. The average Bonchev–Trinajstić information content (AvgIpc) is 3.19. The summed E-state index contributed by atoms with van der Waals surface area (Å²) in [5, 5.41) is 3.60. The van der Waals surface area contributed by atoms with Gasteiger partial charge in [0.25, 0.3) is 5.91 Å². The van der Waals surface area contributed by atoms with Crippen LogP contribution in [0.5, 0.6) is 0 Å². The Kier molecular flexibility index (Phi) is 5.53. The molecule has 26 heavy (non-hydrogen) atoms. The molecule has 0 aliphatic carbocycles. The summed E-state index contributed by atoms with van der Waals surface area (Å²) in [4.78, 5) is 31.7. The molecule has 3 rings (SSSR count). The number of carbonyl (C=O) groups excluding carboxylic acids is 2. The number of nitrogens with one attached hydrogen (secondary N) is 1. The van der Waals surface area contributed by atoms with Crippen LogP contribution < -0.4 is 10.2 Å². The van der Waals surface area contributed by atoms with Crippen LogP contribution in [0.15, 0.2) is 30.3 Å². The maximum Gasteiger partial charge on any atom is 0.348 e. The van der Waals surface area contributed by atoms with Gasteiger partial charge in [-0.25, -0.2) is 9.78 Å². The van der Waals surface area contributed by atoms with Crippen LogP contribution in [0.4, 0.5) is 10.8 Å². The van der Waals surface area contributed by atoms with E-state index >= 15 is 0 Å². The summed E-state index contributed by atoms with van der Waals surface area (Å²) in [5.74, 6) is -0.878. The fourth-order valence-corrected chi connectivity index (χ4v) is 4.27. The van der Waals surface area contributed by atoms with Crippen molar-refractivity contribution in [3.8, 4) is 0 Å². The summed E-state index contributed by atoms with van der Waals surface area (Å²) in [5.41, 5.74) is 1.87. The maximum atomic E-state index is 12.1. The Morgan fingerprint density at radius 3 is 2.54 bits per heavy atom. The normalized spacial score (nSPS) is 10.7. The van der Waals surface area contributed by atoms with Gasteiger partial charge in [0.2, 0.25) is 0 Å². The van der Waals surface area contributed by atoms with Crippen LogP contribution in [-0.4, -0.2) is 37.6 Å². The predicted octanol–water partition coefficient (Wildman–Crippen LogP) is 3.78. The van der Waals surface area contributed by atoms with E-state index < -0.39 is 5.97 Å². The van der Waals surface area contributed by atoms with Crippen molar-refractivity contribution in [2.45, 2.75) is 13.3 Å². The summed E-state index contributed by atoms with van der Waals surface area (Å²) >= 11 is 2.78. The highest BCUT2D eigenvalue weighted by Crippen LogP contribution is 2.34. The van der Waals surface area contributed by atoms with Crippen LogP contribution in [0.25, 0.3) is 9.53 Å². The summed E-state index contributed by atoms with van der Waals surface area (Å²) in [6.07, 6.45) is 0.939. The minimum Gasteiger partial charge on any atom is -0.451 e. The van der Waals surface area contributed by atoms with Gasteiger partial charge in [-0.2, -0.15) is 0 Å². The van der Waals surface area contributed by atoms with Crippen LogP contribution in [0, 0.1) is 0 Å².